The first kappa shape index (κ1) is 15.2. The molecule has 18 heavy (non-hydrogen) atoms. The van der Waals surface area contributed by atoms with E-state index in [0.717, 1.165) is 0 Å². The third kappa shape index (κ3) is 3.33. The minimum atomic E-state index is -0.209. The molecular formula is C12H17Cl2N3O. The van der Waals surface area contributed by atoms with Crippen molar-refractivity contribution in [3.8, 4) is 0 Å². The van der Waals surface area contributed by atoms with Gasteiger partial charge < -0.3 is 4.90 Å². The van der Waals surface area contributed by atoms with E-state index in [2.05, 4.69) is 31.0 Å². The van der Waals surface area contributed by atoms with Gasteiger partial charge in [0.05, 0.1) is 5.56 Å². The van der Waals surface area contributed by atoms with Crippen molar-refractivity contribution in [2.45, 2.75) is 33.7 Å². The van der Waals surface area contributed by atoms with E-state index in [4.69, 9.17) is 23.2 Å². The highest BCUT2D eigenvalue weighted by Gasteiger charge is 2.28. The van der Waals surface area contributed by atoms with Crippen molar-refractivity contribution in [1.29, 1.82) is 0 Å². The summed E-state index contributed by atoms with van der Waals surface area (Å²) in [6.07, 6.45) is 0. The molecule has 1 unspecified atom stereocenters. The number of amides is 1. The SMILES string of the molecule is CC(N(C)C(=O)c1cc(Cl)nnc1Cl)C(C)(C)C. The van der Waals surface area contributed by atoms with Gasteiger partial charge in [-0.1, -0.05) is 44.0 Å². The van der Waals surface area contributed by atoms with E-state index in [0.29, 0.717) is 0 Å². The Morgan fingerprint density at radius 1 is 1.33 bits per heavy atom. The monoisotopic (exact) mass is 289 g/mol. The van der Waals surface area contributed by atoms with Crippen molar-refractivity contribution in [2.75, 3.05) is 7.05 Å². The Balaban J connectivity index is 3.04. The Morgan fingerprint density at radius 2 is 1.89 bits per heavy atom. The molecule has 0 saturated heterocycles. The molecule has 4 nitrogen and oxygen atoms in total. The molecule has 0 aromatic carbocycles. The summed E-state index contributed by atoms with van der Waals surface area (Å²) >= 11 is 11.6. The van der Waals surface area contributed by atoms with Gasteiger partial charge in [-0.05, 0) is 18.4 Å². The Labute approximate surface area is 117 Å². The van der Waals surface area contributed by atoms with E-state index in [1.54, 1.807) is 11.9 Å². The van der Waals surface area contributed by atoms with Crippen LogP contribution >= 0.6 is 23.2 Å². The van der Waals surface area contributed by atoms with E-state index in [-0.39, 0.29) is 33.2 Å². The van der Waals surface area contributed by atoms with Crippen molar-refractivity contribution >= 4 is 29.1 Å². The number of hydrogen-bond acceptors (Lipinski definition) is 3. The van der Waals surface area contributed by atoms with Crippen LogP contribution in [0, 0.1) is 5.41 Å². The molecule has 1 aromatic heterocycles. The van der Waals surface area contributed by atoms with Gasteiger partial charge in [0.25, 0.3) is 5.91 Å². The van der Waals surface area contributed by atoms with E-state index >= 15 is 0 Å². The van der Waals surface area contributed by atoms with Crippen LogP contribution in [0.25, 0.3) is 0 Å². The quantitative estimate of drug-likeness (QED) is 0.839. The predicted octanol–water partition coefficient (Wildman–Crippen LogP) is 3.29. The van der Waals surface area contributed by atoms with Crippen LogP contribution in [0.3, 0.4) is 0 Å². The first-order valence-electron chi connectivity index (χ1n) is 5.60. The van der Waals surface area contributed by atoms with Crippen LogP contribution in [0.4, 0.5) is 0 Å². The summed E-state index contributed by atoms with van der Waals surface area (Å²) in [4.78, 5) is 14.0. The molecule has 1 heterocycles. The summed E-state index contributed by atoms with van der Waals surface area (Å²) in [5.74, 6) is -0.209. The van der Waals surface area contributed by atoms with Gasteiger partial charge >= 0.3 is 0 Å². The highest BCUT2D eigenvalue weighted by molar-refractivity contribution is 6.34. The summed E-state index contributed by atoms with van der Waals surface area (Å²) in [5, 5.41) is 7.45. The molecule has 1 amide bonds. The lowest BCUT2D eigenvalue weighted by Crippen LogP contribution is -2.43. The molecule has 0 aliphatic carbocycles. The van der Waals surface area contributed by atoms with Gasteiger partial charge in [0.15, 0.2) is 10.3 Å². The predicted molar refractivity (Wildman–Crippen MR) is 73.1 cm³/mol. The van der Waals surface area contributed by atoms with Gasteiger partial charge in [-0.2, -0.15) is 0 Å². The molecule has 0 aliphatic rings. The van der Waals surface area contributed by atoms with E-state index in [1.165, 1.54) is 6.07 Å². The van der Waals surface area contributed by atoms with E-state index in [1.807, 2.05) is 6.92 Å². The van der Waals surface area contributed by atoms with Crippen molar-refractivity contribution < 1.29 is 4.79 Å². The number of nitrogens with zero attached hydrogens (tertiary/aromatic N) is 3. The van der Waals surface area contributed by atoms with E-state index < -0.39 is 0 Å². The van der Waals surface area contributed by atoms with Gasteiger partial charge in [-0.25, -0.2) is 0 Å². The van der Waals surface area contributed by atoms with Crippen molar-refractivity contribution in [3.63, 3.8) is 0 Å². The second-order valence-electron chi connectivity index (χ2n) is 5.33. The minimum Gasteiger partial charge on any atom is -0.338 e. The standard InChI is InChI=1S/C12H17Cl2N3O/c1-7(12(2,3)4)17(5)11(18)8-6-9(13)15-16-10(8)14/h6-7H,1-5H3. The fourth-order valence-corrected chi connectivity index (χ4v) is 1.77. The summed E-state index contributed by atoms with van der Waals surface area (Å²) in [5.41, 5.74) is 0.247. The molecule has 0 bridgehead atoms. The normalized spacial score (nSPS) is 13.3. The van der Waals surface area contributed by atoms with Gasteiger partial charge in [0.1, 0.15) is 0 Å². The van der Waals surface area contributed by atoms with Gasteiger partial charge in [0, 0.05) is 13.1 Å². The highest BCUT2D eigenvalue weighted by Crippen LogP contribution is 2.25. The first-order valence-corrected chi connectivity index (χ1v) is 6.36. The zero-order chi connectivity index (χ0) is 14.1. The number of rotatable bonds is 2. The van der Waals surface area contributed by atoms with Crippen molar-refractivity contribution in [3.05, 3.63) is 21.9 Å². The third-order valence-corrected chi connectivity index (χ3v) is 3.57. The molecule has 1 aromatic rings. The molecule has 100 valence electrons. The lowest BCUT2D eigenvalue weighted by Gasteiger charge is -2.35. The van der Waals surface area contributed by atoms with Crippen molar-refractivity contribution in [2.24, 2.45) is 5.41 Å². The summed E-state index contributed by atoms with van der Waals surface area (Å²) in [7, 11) is 1.74. The number of aromatic nitrogens is 2. The Bertz CT molecular complexity index is 457. The summed E-state index contributed by atoms with van der Waals surface area (Å²) in [6.45, 7) is 8.20. The molecule has 1 rings (SSSR count). The molecule has 0 aliphatic heterocycles. The Kier molecular flexibility index (Phi) is 4.56. The van der Waals surface area contributed by atoms with E-state index in [9.17, 15) is 4.79 Å². The van der Waals surface area contributed by atoms with Gasteiger partial charge in [0.2, 0.25) is 0 Å². The second-order valence-corrected chi connectivity index (χ2v) is 6.07. The van der Waals surface area contributed by atoms with Crippen LogP contribution in [0.2, 0.25) is 10.3 Å². The third-order valence-electron chi connectivity index (χ3n) is 3.10. The maximum Gasteiger partial charge on any atom is 0.257 e. The largest absolute Gasteiger partial charge is 0.338 e. The van der Waals surface area contributed by atoms with Crippen LogP contribution in [-0.4, -0.2) is 34.1 Å². The average molecular weight is 290 g/mol. The van der Waals surface area contributed by atoms with Gasteiger partial charge in [-0.15, -0.1) is 10.2 Å². The molecule has 0 N–H and O–H groups in total. The topological polar surface area (TPSA) is 46.1 Å². The fraction of sp³-hybridized carbons (Fsp3) is 0.583. The van der Waals surface area contributed by atoms with Crippen LogP contribution in [0.15, 0.2) is 6.07 Å². The van der Waals surface area contributed by atoms with Crippen LogP contribution < -0.4 is 0 Å². The van der Waals surface area contributed by atoms with Gasteiger partial charge in [-0.3, -0.25) is 4.79 Å². The lowest BCUT2D eigenvalue weighted by molar-refractivity contribution is 0.0629. The fourth-order valence-electron chi connectivity index (χ4n) is 1.45. The minimum absolute atomic E-state index is 0.0266. The maximum atomic E-state index is 12.3. The average Bonchev–Trinajstić information content (AvgIpc) is 2.28. The number of hydrogen-bond donors (Lipinski definition) is 0. The number of carbonyl (C=O) groups excluding carboxylic acids is 1. The molecule has 0 radical (unpaired) electrons. The number of carbonyl (C=O) groups is 1. The zero-order valence-corrected chi connectivity index (χ0v) is 12.7. The molecule has 6 heteroatoms. The van der Waals surface area contributed by atoms with Crippen LogP contribution in [0.5, 0.6) is 0 Å². The molecule has 0 spiro atoms. The Morgan fingerprint density at radius 3 is 2.39 bits per heavy atom. The second kappa shape index (κ2) is 5.41. The molecule has 1 atom stereocenters. The molecule has 0 saturated carbocycles. The maximum absolute atomic E-state index is 12.3. The first-order chi connectivity index (χ1) is 8.14. The smallest absolute Gasteiger partial charge is 0.257 e. The zero-order valence-electron chi connectivity index (χ0n) is 11.2. The lowest BCUT2D eigenvalue weighted by atomic mass is 9.87. The van der Waals surface area contributed by atoms with Crippen molar-refractivity contribution in [1.82, 2.24) is 15.1 Å². The molecule has 0 fully saturated rings. The number of halogens is 2. The van der Waals surface area contributed by atoms with Crippen LogP contribution in [0.1, 0.15) is 38.1 Å². The summed E-state index contributed by atoms with van der Waals surface area (Å²) in [6, 6.07) is 1.48. The highest BCUT2D eigenvalue weighted by atomic mass is 35.5. The Hall–Kier alpha value is -0.870. The summed E-state index contributed by atoms with van der Waals surface area (Å²) < 4.78 is 0. The molecular weight excluding hydrogens is 273 g/mol. The van der Waals surface area contributed by atoms with Crippen LogP contribution in [-0.2, 0) is 0 Å².